The van der Waals surface area contributed by atoms with Gasteiger partial charge in [-0.3, -0.25) is 0 Å². The van der Waals surface area contributed by atoms with Crippen LogP contribution in [0.3, 0.4) is 0 Å². The van der Waals surface area contributed by atoms with Gasteiger partial charge in [0.05, 0.1) is 11.6 Å². The van der Waals surface area contributed by atoms with Gasteiger partial charge in [0.25, 0.3) is 0 Å². The molecule has 15 heavy (non-hydrogen) atoms. The number of oxazole rings is 1. The van der Waals surface area contributed by atoms with Gasteiger partial charge in [0.2, 0.25) is 5.89 Å². The van der Waals surface area contributed by atoms with Crippen molar-refractivity contribution in [3.63, 3.8) is 0 Å². The molecule has 0 spiro atoms. The van der Waals surface area contributed by atoms with Crippen LogP contribution in [0.2, 0.25) is 0 Å². The van der Waals surface area contributed by atoms with E-state index in [9.17, 15) is 0 Å². The highest BCUT2D eigenvalue weighted by molar-refractivity contribution is 5.88. The van der Waals surface area contributed by atoms with E-state index in [-0.39, 0.29) is 0 Å². The van der Waals surface area contributed by atoms with E-state index in [0.717, 1.165) is 16.7 Å². The zero-order valence-corrected chi connectivity index (χ0v) is 8.10. The molecule has 1 aromatic carbocycles. The molecule has 0 bridgehead atoms. The zero-order chi connectivity index (χ0) is 10.3. The number of aryl methyl sites for hydroxylation is 1. The second kappa shape index (κ2) is 2.95. The standard InChI is InChI=1S/C11H8N2O2/c1-7-6-12-11(14-7)10-8-4-2-3-5-9(8)15-13-10/h2-6H,1H3. The van der Waals surface area contributed by atoms with Crippen molar-refractivity contribution < 1.29 is 8.94 Å². The third-order valence-corrected chi connectivity index (χ3v) is 2.20. The number of rotatable bonds is 1. The summed E-state index contributed by atoms with van der Waals surface area (Å²) in [5.74, 6) is 1.26. The molecule has 0 aliphatic carbocycles. The summed E-state index contributed by atoms with van der Waals surface area (Å²) < 4.78 is 10.6. The predicted molar refractivity (Wildman–Crippen MR) is 54.2 cm³/mol. The fraction of sp³-hybridized carbons (Fsp3) is 0.0909. The molecule has 0 amide bonds. The highest BCUT2D eigenvalue weighted by atomic mass is 16.5. The van der Waals surface area contributed by atoms with Crippen molar-refractivity contribution >= 4 is 11.0 Å². The lowest BCUT2D eigenvalue weighted by Gasteiger charge is -1.88. The third-order valence-electron chi connectivity index (χ3n) is 2.20. The van der Waals surface area contributed by atoms with Gasteiger partial charge in [-0.05, 0) is 19.1 Å². The second-order valence-corrected chi connectivity index (χ2v) is 3.30. The zero-order valence-electron chi connectivity index (χ0n) is 8.10. The number of hydrogen-bond donors (Lipinski definition) is 0. The average Bonchev–Trinajstić information content (AvgIpc) is 2.83. The van der Waals surface area contributed by atoms with Gasteiger partial charge in [-0.2, -0.15) is 0 Å². The molecule has 0 N–H and O–H groups in total. The van der Waals surface area contributed by atoms with Crippen molar-refractivity contribution in [1.29, 1.82) is 0 Å². The minimum absolute atomic E-state index is 0.498. The summed E-state index contributed by atoms with van der Waals surface area (Å²) in [5.41, 5.74) is 1.39. The maximum absolute atomic E-state index is 5.40. The topological polar surface area (TPSA) is 52.1 Å². The SMILES string of the molecule is Cc1cnc(-c2noc3ccccc23)o1. The third kappa shape index (κ3) is 1.22. The molecule has 0 unspecified atom stereocenters. The van der Waals surface area contributed by atoms with E-state index in [1.165, 1.54) is 0 Å². The summed E-state index contributed by atoms with van der Waals surface area (Å²) in [7, 11) is 0. The van der Waals surface area contributed by atoms with E-state index in [2.05, 4.69) is 10.1 Å². The molecule has 3 aromatic rings. The van der Waals surface area contributed by atoms with Gasteiger partial charge in [0, 0.05) is 0 Å². The van der Waals surface area contributed by atoms with Crippen molar-refractivity contribution in [1.82, 2.24) is 10.1 Å². The van der Waals surface area contributed by atoms with E-state index in [4.69, 9.17) is 8.94 Å². The summed E-state index contributed by atoms with van der Waals surface area (Å²) in [6, 6.07) is 7.62. The Labute approximate surface area is 85.5 Å². The molecular formula is C11H8N2O2. The second-order valence-electron chi connectivity index (χ2n) is 3.30. The largest absolute Gasteiger partial charge is 0.440 e. The van der Waals surface area contributed by atoms with Gasteiger partial charge in [0.15, 0.2) is 11.3 Å². The van der Waals surface area contributed by atoms with Crippen LogP contribution < -0.4 is 0 Å². The lowest BCUT2D eigenvalue weighted by atomic mass is 10.2. The van der Waals surface area contributed by atoms with Crippen LogP contribution in [0.5, 0.6) is 0 Å². The Morgan fingerprint density at radius 1 is 1.20 bits per heavy atom. The Balaban J connectivity index is 2.27. The molecule has 0 atom stereocenters. The molecule has 0 radical (unpaired) electrons. The predicted octanol–water partition coefficient (Wildman–Crippen LogP) is 2.79. The minimum atomic E-state index is 0.498. The maximum atomic E-state index is 5.40. The van der Waals surface area contributed by atoms with Gasteiger partial charge in [-0.25, -0.2) is 4.98 Å². The van der Waals surface area contributed by atoms with E-state index in [1.54, 1.807) is 6.20 Å². The van der Waals surface area contributed by atoms with Gasteiger partial charge < -0.3 is 8.94 Å². The monoisotopic (exact) mass is 200 g/mol. The van der Waals surface area contributed by atoms with Crippen molar-refractivity contribution in [2.45, 2.75) is 6.92 Å². The number of aromatic nitrogens is 2. The highest BCUT2D eigenvalue weighted by Gasteiger charge is 2.13. The molecule has 2 aromatic heterocycles. The van der Waals surface area contributed by atoms with Crippen LogP contribution in [0.15, 0.2) is 39.4 Å². The summed E-state index contributed by atoms with van der Waals surface area (Å²) in [6.45, 7) is 1.85. The van der Waals surface area contributed by atoms with Crippen molar-refractivity contribution in [3.8, 4) is 11.6 Å². The molecule has 0 aliphatic rings. The van der Waals surface area contributed by atoms with Crippen molar-refractivity contribution in [2.24, 2.45) is 0 Å². The molecule has 4 nitrogen and oxygen atoms in total. The van der Waals surface area contributed by atoms with Crippen molar-refractivity contribution in [3.05, 3.63) is 36.2 Å². The number of fused-ring (bicyclic) bond motifs is 1. The fourth-order valence-electron chi connectivity index (χ4n) is 1.50. The van der Waals surface area contributed by atoms with Crippen molar-refractivity contribution in [2.75, 3.05) is 0 Å². The fourth-order valence-corrected chi connectivity index (χ4v) is 1.50. The van der Waals surface area contributed by atoms with Crippen LogP contribution in [0.25, 0.3) is 22.6 Å². The summed E-state index contributed by atoms with van der Waals surface area (Å²) in [6.07, 6.45) is 1.67. The minimum Gasteiger partial charge on any atom is -0.440 e. The van der Waals surface area contributed by atoms with Crippen LogP contribution in [-0.4, -0.2) is 10.1 Å². The van der Waals surface area contributed by atoms with Crippen LogP contribution in [0.4, 0.5) is 0 Å². The Bertz CT molecular complexity index is 610. The van der Waals surface area contributed by atoms with E-state index in [0.29, 0.717) is 11.6 Å². The molecule has 3 rings (SSSR count). The normalized spacial score (nSPS) is 11.0. The molecule has 0 saturated heterocycles. The van der Waals surface area contributed by atoms with E-state index >= 15 is 0 Å². The lowest BCUT2D eigenvalue weighted by molar-refractivity contribution is 0.452. The Kier molecular flexibility index (Phi) is 1.62. The Hall–Kier alpha value is -2.10. The summed E-state index contributed by atoms with van der Waals surface area (Å²) in [4.78, 5) is 4.12. The lowest BCUT2D eigenvalue weighted by Crippen LogP contribution is -1.76. The Morgan fingerprint density at radius 2 is 2.07 bits per heavy atom. The van der Waals surface area contributed by atoms with Crippen LogP contribution in [-0.2, 0) is 0 Å². The molecule has 74 valence electrons. The van der Waals surface area contributed by atoms with Crippen LogP contribution in [0.1, 0.15) is 5.76 Å². The maximum Gasteiger partial charge on any atom is 0.249 e. The Morgan fingerprint density at radius 3 is 2.87 bits per heavy atom. The van der Waals surface area contributed by atoms with Gasteiger partial charge in [-0.15, -0.1) is 0 Å². The molecule has 4 heteroatoms. The first-order valence-electron chi connectivity index (χ1n) is 4.62. The quantitative estimate of drug-likeness (QED) is 0.606. The van der Waals surface area contributed by atoms with Crippen LogP contribution in [0, 0.1) is 6.92 Å². The van der Waals surface area contributed by atoms with E-state index in [1.807, 2.05) is 31.2 Å². The number of nitrogens with zero attached hydrogens (tertiary/aromatic N) is 2. The summed E-state index contributed by atoms with van der Waals surface area (Å²) >= 11 is 0. The first-order valence-corrected chi connectivity index (χ1v) is 4.62. The first-order chi connectivity index (χ1) is 7.34. The molecule has 0 saturated carbocycles. The van der Waals surface area contributed by atoms with Gasteiger partial charge >= 0.3 is 0 Å². The molecule has 0 aliphatic heterocycles. The smallest absolute Gasteiger partial charge is 0.249 e. The molecule has 0 fully saturated rings. The summed E-state index contributed by atoms with van der Waals surface area (Å²) in [5, 5.41) is 4.86. The van der Waals surface area contributed by atoms with E-state index < -0.39 is 0 Å². The van der Waals surface area contributed by atoms with Gasteiger partial charge in [-0.1, -0.05) is 17.3 Å². The number of para-hydroxylation sites is 1. The number of hydrogen-bond acceptors (Lipinski definition) is 4. The first kappa shape index (κ1) is 8.23. The van der Waals surface area contributed by atoms with Gasteiger partial charge in [0.1, 0.15) is 5.76 Å². The number of benzene rings is 1. The van der Waals surface area contributed by atoms with Crippen LogP contribution >= 0.6 is 0 Å². The highest BCUT2D eigenvalue weighted by Crippen LogP contribution is 2.26. The average molecular weight is 200 g/mol. The molecule has 2 heterocycles. The molecular weight excluding hydrogens is 192 g/mol.